The Hall–Kier alpha value is -0.630. The summed E-state index contributed by atoms with van der Waals surface area (Å²) in [6.07, 6.45) is 4.56. The van der Waals surface area contributed by atoms with Gasteiger partial charge in [0.05, 0.1) is 6.61 Å². The Morgan fingerprint density at radius 3 is 2.42 bits per heavy atom. The van der Waals surface area contributed by atoms with Crippen molar-refractivity contribution in [1.29, 1.82) is 0 Å². The molecule has 1 rings (SSSR count). The molecule has 19 heavy (non-hydrogen) atoms. The largest absolute Gasteiger partial charge is 0.493 e. The molecule has 1 aromatic carbocycles. The van der Waals surface area contributed by atoms with E-state index in [0.29, 0.717) is 0 Å². The molecular formula is C17H28OS. The zero-order valence-electron chi connectivity index (χ0n) is 12.8. The Labute approximate surface area is 124 Å². The molecule has 0 spiro atoms. The highest BCUT2D eigenvalue weighted by Gasteiger charge is 2.19. The summed E-state index contributed by atoms with van der Waals surface area (Å²) in [5, 5.41) is 0. The highest BCUT2D eigenvalue weighted by Crippen LogP contribution is 2.32. The molecule has 0 unspecified atom stereocenters. The van der Waals surface area contributed by atoms with Crippen LogP contribution in [-0.2, 0) is 11.8 Å². The molecule has 2 heteroatoms. The van der Waals surface area contributed by atoms with Gasteiger partial charge in [0.2, 0.25) is 0 Å². The molecule has 0 fully saturated rings. The fourth-order valence-corrected chi connectivity index (χ4v) is 2.31. The van der Waals surface area contributed by atoms with Crippen LogP contribution in [0, 0.1) is 0 Å². The normalized spacial score (nSPS) is 11.6. The van der Waals surface area contributed by atoms with Gasteiger partial charge in [-0.2, -0.15) is 12.6 Å². The van der Waals surface area contributed by atoms with E-state index in [2.05, 4.69) is 58.5 Å². The number of benzene rings is 1. The highest BCUT2D eigenvalue weighted by atomic mass is 32.1. The van der Waals surface area contributed by atoms with Crippen LogP contribution in [0.15, 0.2) is 18.2 Å². The van der Waals surface area contributed by atoms with Crippen molar-refractivity contribution in [3.8, 4) is 5.75 Å². The second-order valence-electron chi connectivity index (χ2n) is 6.07. The quantitative estimate of drug-likeness (QED) is 0.544. The molecule has 0 aliphatic heterocycles. The fourth-order valence-electron chi connectivity index (χ4n) is 2.08. The molecule has 1 nitrogen and oxygen atoms in total. The van der Waals surface area contributed by atoms with E-state index in [4.69, 9.17) is 4.74 Å². The van der Waals surface area contributed by atoms with Crippen molar-refractivity contribution >= 4 is 12.6 Å². The van der Waals surface area contributed by atoms with E-state index in [1.54, 1.807) is 0 Å². The number of hydrogen-bond acceptors (Lipinski definition) is 2. The molecule has 1 aromatic rings. The van der Waals surface area contributed by atoms with E-state index < -0.39 is 0 Å². The van der Waals surface area contributed by atoms with Crippen LogP contribution in [-0.4, -0.2) is 12.4 Å². The van der Waals surface area contributed by atoms with Crippen molar-refractivity contribution in [2.24, 2.45) is 0 Å². The van der Waals surface area contributed by atoms with Gasteiger partial charge in [0, 0.05) is 0 Å². The second-order valence-corrected chi connectivity index (χ2v) is 6.51. The van der Waals surface area contributed by atoms with Crippen molar-refractivity contribution in [3.63, 3.8) is 0 Å². The van der Waals surface area contributed by atoms with Crippen LogP contribution >= 0.6 is 12.6 Å². The maximum absolute atomic E-state index is 5.98. The number of rotatable bonds is 7. The monoisotopic (exact) mass is 280 g/mol. The van der Waals surface area contributed by atoms with Crippen LogP contribution in [0.5, 0.6) is 5.75 Å². The predicted molar refractivity (Wildman–Crippen MR) is 87.7 cm³/mol. The first kappa shape index (κ1) is 16.4. The van der Waals surface area contributed by atoms with E-state index in [1.807, 2.05) is 0 Å². The minimum atomic E-state index is 0.131. The van der Waals surface area contributed by atoms with Gasteiger partial charge in [0.25, 0.3) is 0 Å². The summed E-state index contributed by atoms with van der Waals surface area (Å²) in [7, 11) is 0. The zero-order chi connectivity index (χ0) is 14.3. The zero-order valence-corrected chi connectivity index (χ0v) is 13.7. The summed E-state index contributed by atoms with van der Waals surface area (Å²) < 4.78 is 5.98. The fraction of sp³-hybridized carbons (Fsp3) is 0.647. The number of ether oxygens (including phenoxy) is 1. The van der Waals surface area contributed by atoms with Crippen LogP contribution in [0.2, 0.25) is 0 Å². The topological polar surface area (TPSA) is 9.23 Å². The van der Waals surface area contributed by atoms with Gasteiger partial charge in [-0.1, -0.05) is 39.8 Å². The summed E-state index contributed by atoms with van der Waals surface area (Å²) in [4.78, 5) is 0. The average molecular weight is 280 g/mol. The molecule has 108 valence electrons. The lowest BCUT2D eigenvalue weighted by molar-refractivity contribution is 0.298. The molecular weight excluding hydrogens is 252 g/mol. The minimum absolute atomic E-state index is 0.131. The number of hydrogen-bond donors (Lipinski definition) is 1. The van der Waals surface area contributed by atoms with Gasteiger partial charge in [-0.15, -0.1) is 0 Å². The maximum Gasteiger partial charge on any atom is 0.123 e. The average Bonchev–Trinajstić information content (AvgIpc) is 2.37. The molecule has 0 radical (unpaired) electrons. The lowest BCUT2D eigenvalue weighted by Crippen LogP contribution is -2.14. The lowest BCUT2D eigenvalue weighted by atomic mass is 9.85. The van der Waals surface area contributed by atoms with Gasteiger partial charge < -0.3 is 4.74 Å². The smallest absolute Gasteiger partial charge is 0.123 e. The summed E-state index contributed by atoms with van der Waals surface area (Å²) in [5.74, 6) is 2.02. The molecule has 0 amide bonds. The molecule has 0 aliphatic carbocycles. The molecule has 0 atom stereocenters. The Bertz CT molecular complexity index is 379. The van der Waals surface area contributed by atoms with Crippen molar-refractivity contribution < 1.29 is 4.74 Å². The van der Waals surface area contributed by atoms with Crippen LogP contribution in [0.25, 0.3) is 0 Å². The first-order valence-corrected chi connectivity index (χ1v) is 7.99. The predicted octanol–water partition coefficient (Wildman–Crippen LogP) is 5.03. The third-order valence-corrected chi connectivity index (χ3v) is 3.64. The first-order chi connectivity index (χ1) is 8.99. The Morgan fingerprint density at radius 1 is 1.11 bits per heavy atom. The van der Waals surface area contributed by atoms with Gasteiger partial charge in [0.15, 0.2) is 0 Å². The number of aryl methyl sites for hydroxylation is 1. The summed E-state index contributed by atoms with van der Waals surface area (Å²) in [6, 6.07) is 6.61. The Kier molecular flexibility index (Phi) is 6.78. The van der Waals surface area contributed by atoms with E-state index in [0.717, 1.165) is 31.0 Å². The van der Waals surface area contributed by atoms with Crippen molar-refractivity contribution in [2.75, 3.05) is 12.4 Å². The van der Waals surface area contributed by atoms with Crippen LogP contribution < -0.4 is 4.74 Å². The Balaban J connectivity index is 2.71. The third kappa shape index (κ3) is 5.48. The summed E-state index contributed by atoms with van der Waals surface area (Å²) in [6.45, 7) is 9.74. The maximum atomic E-state index is 5.98. The van der Waals surface area contributed by atoms with E-state index in [9.17, 15) is 0 Å². The van der Waals surface area contributed by atoms with Gasteiger partial charge in [0.1, 0.15) is 5.75 Å². The number of unbranched alkanes of at least 4 members (excludes halogenated alkanes) is 2. The van der Waals surface area contributed by atoms with Crippen LogP contribution in [0.1, 0.15) is 58.1 Å². The molecule has 0 aliphatic rings. The third-order valence-electron chi connectivity index (χ3n) is 3.32. The van der Waals surface area contributed by atoms with Crippen molar-refractivity contribution in [1.82, 2.24) is 0 Å². The summed E-state index contributed by atoms with van der Waals surface area (Å²) in [5.41, 5.74) is 2.83. The number of thiol groups is 1. The Morgan fingerprint density at radius 2 is 1.84 bits per heavy atom. The molecule has 0 bridgehead atoms. The van der Waals surface area contributed by atoms with E-state index in [-0.39, 0.29) is 5.41 Å². The van der Waals surface area contributed by atoms with Crippen LogP contribution in [0.3, 0.4) is 0 Å². The molecule has 0 saturated heterocycles. The molecule has 0 N–H and O–H groups in total. The van der Waals surface area contributed by atoms with Crippen molar-refractivity contribution in [3.05, 3.63) is 29.3 Å². The minimum Gasteiger partial charge on any atom is -0.493 e. The SMILES string of the molecule is CCc1ccc(OCCCCCS)c(C(C)(C)C)c1. The van der Waals surface area contributed by atoms with Gasteiger partial charge in [-0.05, 0) is 54.0 Å². The molecule has 0 saturated carbocycles. The van der Waals surface area contributed by atoms with Crippen molar-refractivity contribution in [2.45, 2.75) is 58.8 Å². The van der Waals surface area contributed by atoms with Gasteiger partial charge in [-0.25, -0.2) is 0 Å². The molecule has 0 aromatic heterocycles. The van der Waals surface area contributed by atoms with Crippen LogP contribution in [0.4, 0.5) is 0 Å². The van der Waals surface area contributed by atoms with Gasteiger partial charge in [-0.3, -0.25) is 0 Å². The highest BCUT2D eigenvalue weighted by molar-refractivity contribution is 7.80. The standard InChI is InChI=1S/C17H28OS/c1-5-14-9-10-16(15(13-14)17(2,3)4)18-11-7-6-8-12-19/h9-10,13,19H,5-8,11-12H2,1-4H3. The lowest BCUT2D eigenvalue weighted by Gasteiger charge is -2.23. The first-order valence-electron chi connectivity index (χ1n) is 7.36. The van der Waals surface area contributed by atoms with E-state index >= 15 is 0 Å². The van der Waals surface area contributed by atoms with E-state index in [1.165, 1.54) is 24.0 Å². The summed E-state index contributed by atoms with van der Waals surface area (Å²) >= 11 is 4.23. The van der Waals surface area contributed by atoms with Gasteiger partial charge >= 0.3 is 0 Å². The molecule has 0 heterocycles. The second kappa shape index (κ2) is 7.84.